The van der Waals surface area contributed by atoms with Gasteiger partial charge in [0, 0.05) is 18.5 Å². The lowest BCUT2D eigenvalue weighted by Crippen LogP contribution is -2.44. The van der Waals surface area contributed by atoms with E-state index in [0.29, 0.717) is 16.7 Å². The van der Waals surface area contributed by atoms with E-state index in [1.807, 2.05) is 31.2 Å². The van der Waals surface area contributed by atoms with Crippen LogP contribution in [0.4, 0.5) is 5.69 Å². The number of para-hydroxylation sites is 1. The number of hydrazine groups is 1. The van der Waals surface area contributed by atoms with Gasteiger partial charge in [0.15, 0.2) is 0 Å². The van der Waals surface area contributed by atoms with Crippen LogP contribution >= 0.6 is 0 Å². The van der Waals surface area contributed by atoms with Gasteiger partial charge in [-0.3, -0.25) is 25.2 Å². The second-order valence-electron chi connectivity index (χ2n) is 6.35. The van der Waals surface area contributed by atoms with Crippen molar-refractivity contribution in [2.45, 2.75) is 19.8 Å². The number of aromatic amines is 1. The van der Waals surface area contributed by atoms with Crippen LogP contribution in [0.15, 0.2) is 53.3 Å². The second kappa shape index (κ2) is 8.81. The summed E-state index contributed by atoms with van der Waals surface area (Å²) in [5, 5.41) is 3.47. The van der Waals surface area contributed by atoms with E-state index in [-0.39, 0.29) is 36.8 Å². The van der Waals surface area contributed by atoms with Crippen LogP contribution in [0.1, 0.15) is 17.8 Å². The number of amides is 2. The number of H-pyrrole nitrogens is 1. The number of nitrogens with zero attached hydrogens (tertiary/aromatic N) is 1. The fourth-order valence-corrected chi connectivity index (χ4v) is 2.59. The second-order valence-corrected chi connectivity index (χ2v) is 6.35. The Morgan fingerprint density at radius 1 is 1.00 bits per heavy atom. The van der Waals surface area contributed by atoms with Crippen molar-refractivity contribution < 1.29 is 9.59 Å². The van der Waals surface area contributed by atoms with Crippen molar-refractivity contribution in [1.29, 1.82) is 0 Å². The SMILES string of the molecule is Cc1ccc(NCC(=O)NNC(=O)CCc2nc3ccccc3c(=O)[nH]2)cc1. The number of carbonyl (C=O) groups excluding carboxylic acids is 2. The third kappa shape index (κ3) is 5.16. The van der Waals surface area contributed by atoms with Crippen LogP contribution < -0.4 is 21.7 Å². The molecule has 0 aliphatic heterocycles. The quantitative estimate of drug-likeness (QED) is 0.484. The monoisotopic (exact) mass is 379 g/mol. The molecule has 0 saturated heterocycles. The van der Waals surface area contributed by atoms with Crippen molar-refractivity contribution in [3.63, 3.8) is 0 Å². The number of hydrogen-bond acceptors (Lipinski definition) is 5. The van der Waals surface area contributed by atoms with Crippen molar-refractivity contribution in [2.24, 2.45) is 0 Å². The number of aromatic nitrogens is 2. The Morgan fingerprint density at radius 2 is 1.71 bits per heavy atom. The van der Waals surface area contributed by atoms with E-state index in [9.17, 15) is 14.4 Å². The molecule has 2 amide bonds. The first-order valence-electron chi connectivity index (χ1n) is 8.87. The van der Waals surface area contributed by atoms with Gasteiger partial charge in [-0.15, -0.1) is 0 Å². The third-order valence-electron chi connectivity index (χ3n) is 4.10. The molecule has 0 aliphatic carbocycles. The van der Waals surface area contributed by atoms with E-state index in [1.165, 1.54) is 0 Å². The zero-order chi connectivity index (χ0) is 19.9. The van der Waals surface area contributed by atoms with Gasteiger partial charge in [-0.2, -0.15) is 0 Å². The zero-order valence-electron chi connectivity index (χ0n) is 15.4. The highest BCUT2D eigenvalue weighted by atomic mass is 16.2. The summed E-state index contributed by atoms with van der Waals surface area (Å²) < 4.78 is 0. The topological polar surface area (TPSA) is 116 Å². The number of hydrogen-bond donors (Lipinski definition) is 4. The molecular formula is C20H21N5O3. The van der Waals surface area contributed by atoms with Crippen molar-refractivity contribution >= 4 is 28.4 Å². The molecule has 0 bridgehead atoms. The average Bonchev–Trinajstić information content (AvgIpc) is 2.70. The van der Waals surface area contributed by atoms with E-state index in [4.69, 9.17) is 0 Å². The highest BCUT2D eigenvalue weighted by Gasteiger charge is 2.08. The lowest BCUT2D eigenvalue weighted by Gasteiger charge is -2.09. The average molecular weight is 379 g/mol. The molecule has 0 saturated carbocycles. The summed E-state index contributed by atoms with van der Waals surface area (Å²) in [6, 6.07) is 14.6. The number of aryl methyl sites for hydroxylation is 2. The fourth-order valence-electron chi connectivity index (χ4n) is 2.59. The van der Waals surface area contributed by atoms with Crippen molar-refractivity contribution in [3.05, 3.63) is 70.3 Å². The molecule has 1 aromatic heterocycles. The summed E-state index contributed by atoms with van der Waals surface area (Å²) >= 11 is 0. The van der Waals surface area contributed by atoms with Crippen LogP contribution in [0.25, 0.3) is 10.9 Å². The summed E-state index contributed by atoms with van der Waals surface area (Å²) in [6.45, 7) is 2.01. The molecule has 8 nitrogen and oxygen atoms in total. The summed E-state index contributed by atoms with van der Waals surface area (Å²) in [5.74, 6) is -0.322. The molecule has 4 N–H and O–H groups in total. The van der Waals surface area contributed by atoms with Gasteiger partial charge < -0.3 is 10.3 Å². The maximum atomic E-state index is 12.0. The Kier molecular flexibility index (Phi) is 6.01. The fraction of sp³-hybridized carbons (Fsp3) is 0.200. The molecule has 0 spiro atoms. The Hall–Kier alpha value is -3.68. The molecule has 0 atom stereocenters. The van der Waals surface area contributed by atoms with Gasteiger partial charge in [-0.1, -0.05) is 29.8 Å². The van der Waals surface area contributed by atoms with Gasteiger partial charge in [0.2, 0.25) is 5.91 Å². The molecule has 0 unspecified atom stereocenters. The zero-order valence-corrected chi connectivity index (χ0v) is 15.4. The van der Waals surface area contributed by atoms with Crippen molar-refractivity contribution in [2.75, 3.05) is 11.9 Å². The lowest BCUT2D eigenvalue weighted by atomic mass is 10.2. The minimum atomic E-state index is -0.375. The standard InChI is InChI=1S/C20H21N5O3/c1-13-6-8-14(9-7-13)21-12-19(27)25-24-18(26)11-10-17-22-16-5-3-2-4-15(16)20(28)23-17/h2-9,21H,10-12H2,1H3,(H,24,26)(H,25,27)(H,22,23,28). The Balaban J connectivity index is 1.43. The largest absolute Gasteiger partial charge is 0.376 e. The molecule has 0 fully saturated rings. The van der Waals surface area contributed by atoms with Gasteiger partial charge in [0.1, 0.15) is 5.82 Å². The smallest absolute Gasteiger partial charge is 0.258 e. The van der Waals surface area contributed by atoms with E-state index < -0.39 is 0 Å². The highest BCUT2D eigenvalue weighted by Crippen LogP contribution is 2.08. The summed E-state index contributed by atoms with van der Waals surface area (Å²) in [6.07, 6.45) is 0.330. The van der Waals surface area contributed by atoms with Crippen LogP contribution in [0.3, 0.4) is 0 Å². The first kappa shape index (κ1) is 19.1. The Morgan fingerprint density at radius 3 is 2.50 bits per heavy atom. The highest BCUT2D eigenvalue weighted by molar-refractivity contribution is 5.84. The van der Waals surface area contributed by atoms with Crippen LogP contribution in [0, 0.1) is 6.92 Å². The van der Waals surface area contributed by atoms with Gasteiger partial charge in [0.05, 0.1) is 17.4 Å². The molecule has 0 radical (unpaired) electrons. The Labute approximate surface area is 161 Å². The maximum absolute atomic E-state index is 12.0. The van der Waals surface area contributed by atoms with Crippen LogP contribution in [0.5, 0.6) is 0 Å². The molecular weight excluding hydrogens is 358 g/mol. The lowest BCUT2D eigenvalue weighted by molar-refractivity contribution is -0.128. The molecule has 8 heteroatoms. The van der Waals surface area contributed by atoms with E-state index in [0.717, 1.165) is 11.3 Å². The molecule has 144 valence electrons. The molecule has 3 rings (SSSR count). The van der Waals surface area contributed by atoms with E-state index in [1.54, 1.807) is 24.3 Å². The predicted molar refractivity (Wildman–Crippen MR) is 107 cm³/mol. The number of nitrogens with one attached hydrogen (secondary N) is 4. The molecule has 28 heavy (non-hydrogen) atoms. The normalized spacial score (nSPS) is 10.5. The van der Waals surface area contributed by atoms with Gasteiger partial charge in [0.25, 0.3) is 11.5 Å². The minimum absolute atomic E-state index is 0.0306. The molecule has 0 aliphatic rings. The number of carbonyl (C=O) groups is 2. The summed E-state index contributed by atoms with van der Waals surface area (Å²) in [7, 11) is 0. The summed E-state index contributed by atoms with van der Waals surface area (Å²) in [5.41, 5.74) is 6.99. The van der Waals surface area contributed by atoms with E-state index >= 15 is 0 Å². The number of rotatable bonds is 6. The number of anilines is 1. The van der Waals surface area contributed by atoms with Gasteiger partial charge in [-0.25, -0.2) is 4.98 Å². The minimum Gasteiger partial charge on any atom is -0.376 e. The Bertz CT molecular complexity index is 1040. The number of fused-ring (bicyclic) bond motifs is 1. The van der Waals surface area contributed by atoms with Crippen molar-refractivity contribution in [3.8, 4) is 0 Å². The van der Waals surface area contributed by atoms with Crippen molar-refractivity contribution in [1.82, 2.24) is 20.8 Å². The third-order valence-corrected chi connectivity index (χ3v) is 4.10. The van der Waals surface area contributed by atoms with Gasteiger partial charge in [-0.05, 0) is 31.2 Å². The molecule has 3 aromatic rings. The first-order valence-corrected chi connectivity index (χ1v) is 8.87. The van der Waals surface area contributed by atoms with E-state index in [2.05, 4.69) is 26.1 Å². The predicted octanol–water partition coefficient (Wildman–Crippen LogP) is 1.42. The van der Waals surface area contributed by atoms with Crippen LogP contribution in [-0.4, -0.2) is 28.3 Å². The van der Waals surface area contributed by atoms with Gasteiger partial charge >= 0.3 is 0 Å². The van der Waals surface area contributed by atoms with Crippen LogP contribution in [-0.2, 0) is 16.0 Å². The molecule has 2 aromatic carbocycles. The summed E-state index contributed by atoms with van der Waals surface area (Å²) in [4.78, 5) is 42.7. The first-order chi connectivity index (χ1) is 13.5. The van der Waals surface area contributed by atoms with Crippen LogP contribution in [0.2, 0.25) is 0 Å². The maximum Gasteiger partial charge on any atom is 0.258 e. The number of benzene rings is 2. The molecule has 1 heterocycles.